The Balaban J connectivity index is 1.12. The summed E-state index contributed by atoms with van der Waals surface area (Å²) in [6, 6.07) is 72.7. The molecular weight excluding hydrogens is 685 g/mol. The fourth-order valence-electron chi connectivity index (χ4n) is 10.3. The third-order valence-corrected chi connectivity index (χ3v) is 13.0. The van der Waals surface area contributed by atoms with E-state index >= 15 is 0 Å². The monoisotopic (exact) mass is 722 g/mol. The third kappa shape index (κ3) is 4.62. The molecule has 0 N–H and O–H groups in total. The third-order valence-electron chi connectivity index (χ3n) is 13.0. The first-order chi connectivity index (χ1) is 28.0. The van der Waals surface area contributed by atoms with Crippen molar-refractivity contribution < 1.29 is 0 Å². The average Bonchev–Trinajstić information content (AvgIpc) is 3.50. The van der Waals surface area contributed by atoms with Crippen molar-refractivity contribution in [2.24, 2.45) is 0 Å². The molecule has 0 heterocycles. The van der Waals surface area contributed by atoms with Crippen LogP contribution in [0.4, 0.5) is 0 Å². The van der Waals surface area contributed by atoms with E-state index in [1.165, 1.54) is 120 Å². The molecule has 0 radical (unpaired) electrons. The first kappa shape index (κ1) is 32.2. The summed E-state index contributed by atoms with van der Waals surface area (Å²) in [7, 11) is 0. The van der Waals surface area contributed by atoms with Gasteiger partial charge in [0.1, 0.15) is 0 Å². The summed E-state index contributed by atoms with van der Waals surface area (Å²) < 4.78 is 0. The summed E-state index contributed by atoms with van der Waals surface area (Å²) in [5.41, 5.74) is 13.1. The highest BCUT2D eigenvalue weighted by Gasteiger charge is 2.37. The minimum Gasteiger partial charge on any atom is -0.0619 e. The van der Waals surface area contributed by atoms with E-state index in [0.717, 1.165) is 0 Å². The van der Waals surface area contributed by atoms with E-state index in [1.54, 1.807) is 0 Å². The molecule has 0 aromatic heterocycles. The Kier molecular flexibility index (Phi) is 6.78. The predicted octanol–water partition coefficient (Wildman–Crippen LogP) is 15.9. The molecule has 0 nitrogen and oxygen atoms in total. The first-order valence-electron chi connectivity index (χ1n) is 20.1. The molecule has 0 spiro atoms. The van der Waals surface area contributed by atoms with Crippen LogP contribution in [0, 0.1) is 0 Å². The number of fused-ring (bicyclic) bond motifs is 11. The van der Waals surface area contributed by atoms with E-state index in [4.69, 9.17) is 0 Å². The van der Waals surface area contributed by atoms with Crippen molar-refractivity contribution in [1.82, 2.24) is 0 Å². The Bertz CT molecular complexity index is 3430. The second kappa shape index (κ2) is 12.0. The van der Waals surface area contributed by atoms with Crippen LogP contribution in [0.25, 0.3) is 109 Å². The summed E-state index contributed by atoms with van der Waals surface area (Å²) in [5.74, 6) is 0. The number of rotatable bonds is 3. The van der Waals surface area contributed by atoms with Gasteiger partial charge in [0.05, 0.1) is 0 Å². The molecule has 0 heteroatoms. The molecule has 11 aromatic carbocycles. The van der Waals surface area contributed by atoms with E-state index in [-0.39, 0.29) is 5.41 Å². The molecule has 266 valence electrons. The molecule has 1 aliphatic rings. The smallest absolute Gasteiger partial charge is 0.0159 e. The molecule has 12 rings (SSSR count). The highest BCUT2D eigenvalue weighted by molar-refractivity contribution is 6.25. The van der Waals surface area contributed by atoms with Crippen molar-refractivity contribution in [3.05, 3.63) is 205 Å². The summed E-state index contributed by atoms with van der Waals surface area (Å²) in [6.45, 7) is 4.79. The topological polar surface area (TPSA) is 0 Å². The summed E-state index contributed by atoms with van der Waals surface area (Å²) in [5, 5.41) is 15.3. The minimum atomic E-state index is -0.113. The van der Waals surface area contributed by atoms with E-state index in [0.29, 0.717) is 0 Å². The molecule has 0 bridgehead atoms. The molecule has 1 aliphatic carbocycles. The van der Waals surface area contributed by atoms with Gasteiger partial charge in [-0.25, -0.2) is 0 Å². The molecule has 0 saturated heterocycles. The van der Waals surface area contributed by atoms with Crippen LogP contribution >= 0.6 is 0 Å². The van der Waals surface area contributed by atoms with Crippen molar-refractivity contribution in [3.8, 4) is 44.5 Å². The second-order valence-electron chi connectivity index (χ2n) is 16.4. The fraction of sp³-hybridized carbons (Fsp3) is 0.0526. The van der Waals surface area contributed by atoms with Crippen LogP contribution in [0.5, 0.6) is 0 Å². The molecule has 57 heavy (non-hydrogen) atoms. The summed E-state index contributed by atoms with van der Waals surface area (Å²) in [4.78, 5) is 0. The normalized spacial score (nSPS) is 13.2. The Hall–Kier alpha value is -7.02. The molecule has 0 unspecified atom stereocenters. The Morgan fingerprint density at radius 3 is 1.47 bits per heavy atom. The maximum atomic E-state index is 2.53. The van der Waals surface area contributed by atoms with Gasteiger partial charge >= 0.3 is 0 Å². The van der Waals surface area contributed by atoms with Gasteiger partial charge in [0.25, 0.3) is 0 Å². The summed E-state index contributed by atoms with van der Waals surface area (Å²) in [6.07, 6.45) is 0. The van der Waals surface area contributed by atoms with Gasteiger partial charge in [0, 0.05) is 5.41 Å². The molecule has 11 aromatic rings. The van der Waals surface area contributed by atoms with Gasteiger partial charge in [-0.1, -0.05) is 184 Å². The van der Waals surface area contributed by atoms with Crippen LogP contribution in [-0.4, -0.2) is 0 Å². The fourth-order valence-corrected chi connectivity index (χ4v) is 10.3. The lowest BCUT2D eigenvalue weighted by atomic mass is 9.79. The maximum Gasteiger partial charge on any atom is 0.0159 e. The zero-order chi connectivity index (χ0) is 37.8. The Labute approximate surface area is 332 Å². The lowest BCUT2D eigenvalue weighted by Gasteiger charge is -2.24. The van der Waals surface area contributed by atoms with Gasteiger partial charge in [0.2, 0.25) is 0 Å². The molecule has 0 fully saturated rings. The van der Waals surface area contributed by atoms with Crippen LogP contribution in [0.15, 0.2) is 194 Å². The zero-order valence-electron chi connectivity index (χ0n) is 32.0. The minimum absolute atomic E-state index is 0.113. The van der Waals surface area contributed by atoms with Crippen molar-refractivity contribution in [2.45, 2.75) is 19.3 Å². The highest BCUT2D eigenvalue weighted by atomic mass is 14.4. The van der Waals surface area contributed by atoms with Gasteiger partial charge in [-0.2, -0.15) is 0 Å². The van der Waals surface area contributed by atoms with Gasteiger partial charge in [0.15, 0.2) is 0 Å². The molecule has 0 saturated carbocycles. The lowest BCUT2D eigenvalue weighted by Crippen LogP contribution is -2.15. The Morgan fingerprint density at radius 1 is 0.263 bits per heavy atom. The number of benzene rings is 11. The second-order valence-corrected chi connectivity index (χ2v) is 16.4. The van der Waals surface area contributed by atoms with Crippen LogP contribution in [-0.2, 0) is 5.41 Å². The van der Waals surface area contributed by atoms with Crippen LogP contribution in [0.3, 0.4) is 0 Å². The van der Waals surface area contributed by atoms with Crippen molar-refractivity contribution in [1.29, 1.82) is 0 Å². The molecule has 0 atom stereocenters. The summed E-state index contributed by atoms with van der Waals surface area (Å²) >= 11 is 0. The quantitative estimate of drug-likeness (QED) is 0.126. The van der Waals surface area contributed by atoms with E-state index in [1.807, 2.05) is 0 Å². The standard InChI is InChI=1S/C57H38/c1-57(2)52-26-14-13-25-48(52)56-43-20-8-7-19-42(43)51(34-53(56)57)55-46-23-11-9-21-44(46)54(45-22-10-12-24-47(45)55)39-30-29-38-32-49(40-17-5-6-18-41(40)50(38)33-39)37-28-27-35-15-3-4-16-36(35)31-37/h3-34H,1-2H3. The lowest BCUT2D eigenvalue weighted by molar-refractivity contribution is 0.661. The first-order valence-corrected chi connectivity index (χ1v) is 20.1. The zero-order valence-corrected chi connectivity index (χ0v) is 32.0. The highest BCUT2D eigenvalue weighted by Crippen LogP contribution is 2.55. The molecule has 0 amide bonds. The van der Waals surface area contributed by atoms with Crippen LogP contribution in [0.1, 0.15) is 25.0 Å². The van der Waals surface area contributed by atoms with Crippen LogP contribution < -0.4 is 0 Å². The van der Waals surface area contributed by atoms with Crippen molar-refractivity contribution in [3.63, 3.8) is 0 Å². The maximum absolute atomic E-state index is 2.53. The van der Waals surface area contributed by atoms with E-state index < -0.39 is 0 Å². The van der Waals surface area contributed by atoms with Gasteiger partial charge in [-0.3, -0.25) is 0 Å². The van der Waals surface area contributed by atoms with E-state index in [9.17, 15) is 0 Å². The van der Waals surface area contributed by atoms with Gasteiger partial charge < -0.3 is 0 Å². The van der Waals surface area contributed by atoms with Crippen molar-refractivity contribution >= 4 is 64.6 Å². The van der Waals surface area contributed by atoms with Crippen molar-refractivity contribution in [2.75, 3.05) is 0 Å². The molecular formula is C57H38. The van der Waals surface area contributed by atoms with Crippen LogP contribution in [0.2, 0.25) is 0 Å². The number of hydrogen-bond donors (Lipinski definition) is 0. The van der Waals surface area contributed by atoms with E-state index in [2.05, 4.69) is 208 Å². The number of hydrogen-bond acceptors (Lipinski definition) is 0. The molecule has 0 aliphatic heterocycles. The predicted molar refractivity (Wildman–Crippen MR) is 245 cm³/mol. The SMILES string of the molecule is CC1(C)c2ccccc2-c2c1cc(-c1c3ccccc3c(-c3ccc4cc(-c5ccc6ccccc6c5)c5ccccc5c4c3)c3ccccc13)c1ccccc21. The van der Waals surface area contributed by atoms with Gasteiger partial charge in [-0.05, 0) is 145 Å². The largest absolute Gasteiger partial charge is 0.0619 e. The Morgan fingerprint density at radius 2 is 0.772 bits per heavy atom. The van der Waals surface area contributed by atoms with Gasteiger partial charge in [-0.15, -0.1) is 0 Å². The average molecular weight is 723 g/mol.